The van der Waals surface area contributed by atoms with Crippen LogP contribution in [0.25, 0.3) is 0 Å². The molecule has 1 aliphatic heterocycles. The lowest BCUT2D eigenvalue weighted by molar-refractivity contribution is -0.128. The first kappa shape index (κ1) is 28.9. The second kappa shape index (κ2) is 10.1. The monoisotopic (exact) mass is 591 g/mol. The number of nitrogens with zero attached hydrogens (tertiary/aromatic N) is 4. The Morgan fingerprint density at radius 1 is 1.10 bits per heavy atom. The van der Waals surface area contributed by atoms with Crippen LogP contribution in [0.2, 0.25) is 5.02 Å². The van der Waals surface area contributed by atoms with Crippen LogP contribution >= 0.6 is 21.8 Å². The zero-order chi connectivity index (χ0) is 28.5. The molecule has 212 valence electrons. The van der Waals surface area contributed by atoms with Crippen molar-refractivity contribution < 1.29 is 29.0 Å². The van der Waals surface area contributed by atoms with Crippen molar-refractivity contribution in [3.05, 3.63) is 53.3 Å². The molecule has 1 aromatic heterocycles. The third-order valence-corrected chi connectivity index (χ3v) is 8.43. The lowest BCUT2D eigenvalue weighted by Gasteiger charge is -2.41. The van der Waals surface area contributed by atoms with E-state index in [1.807, 2.05) is 6.19 Å². The highest BCUT2D eigenvalue weighted by Gasteiger charge is 2.65. The van der Waals surface area contributed by atoms with Gasteiger partial charge in [-0.25, -0.2) is 0 Å². The quantitative estimate of drug-likeness (QED) is 0.281. The smallest absolute Gasteiger partial charge is 0.310 e. The summed E-state index contributed by atoms with van der Waals surface area (Å²) in [5.74, 6) is -1.40. The van der Waals surface area contributed by atoms with Crippen molar-refractivity contribution in [3.63, 3.8) is 0 Å². The summed E-state index contributed by atoms with van der Waals surface area (Å²) in [6.45, 7) is 0.267. The van der Waals surface area contributed by atoms with Gasteiger partial charge in [0.05, 0.1) is 10.7 Å². The normalized spacial score (nSPS) is 20.8. The molecule has 0 spiro atoms. The number of amides is 2. The first-order valence-corrected chi connectivity index (χ1v) is 14.8. The van der Waals surface area contributed by atoms with E-state index in [-0.39, 0.29) is 42.4 Å². The number of aromatic nitrogens is 1. The highest BCUT2D eigenvalue weighted by Crippen LogP contribution is 3.02. The minimum atomic E-state index is -10.1. The molecule has 2 aromatic rings. The number of carbonyl (C=O) groups is 2. The van der Waals surface area contributed by atoms with Crippen LogP contribution in [0.15, 0.2) is 47.6 Å². The van der Waals surface area contributed by atoms with Crippen molar-refractivity contribution in [3.8, 4) is 6.19 Å². The standard InChI is InChI=1S/C25H27ClF5N5O2S/c26-20-14-19(39(27,28,29,30)31)10-11-21(20)36(25(38)22-9-5-13-35(22)16-32)23(17-6-4-12-33-15-17)24(37)34-18-7-2-1-3-8-18/h4,6,10-12,14-15,18,22-23H,1-3,5,7-9,13H2,(H,34,37)/t22-,23?/m1/s1. The van der Waals surface area contributed by atoms with E-state index in [4.69, 9.17) is 11.6 Å². The van der Waals surface area contributed by atoms with Crippen molar-refractivity contribution >= 4 is 39.3 Å². The SMILES string of the molecule is N#CN1CCC[C@@H]1C(=O)N(c1ccc(S(F)(F)(F)(F)F)cc1Cl)C(C(=O)NC1CCCCC1)c1cccnc1. The molecule has 14 heteroatoms. The van der Waals surface area contributed by atoms with E-state index < -0.39 is 44.0 Å². The molecule has 1 unspecified atom stereocenters. The Hall–Kier alpha value is -3.11. The minimum absolute atomic E-state index is 0.0643. The van der Waals surface area contributed by atoms with Crippen LogP contribution in [0, 0.1) is 11.5 Å². The van der Waals surface area contributed by atoms with Gasteiger partial charge in [-0.1, -0.05) is 56.4 Å². The van der Waals surface area contributed by atoms with Gasteiger partial charge in [-0.05, 0) is 49.9 Å². The molecule has 1 N–H and O–H groups in total. The third kappa shape index (κ3) is 6.55. The third-order valence-electron chi connectivity index (χ3n) is 6.99. The molecular formula is C25H27ClF5N5O2S. The fourth-order valence-corrected chi connectivity index (χ4v) is 6.10. The van der Waals surface area contributed by atoms with Gasteiger partial charge < -0.3 is 5.32 Å². The van der Waals surface area contributed by atoms with Crippen LogP contribution in [-0.4, -0.2) is 40.3 Å². The predicted octanol–water partition coefficient (Wildman–Crippen LogP) is 6.86. The zero-order valence-corrected chi connectivity index (χ0v) is 22.3. The van der Waals surface area contributed by atoms with Gasteiger partial charge in [0.1, 0.15) is 17.0 Å². The Balaban J connectivity index is 1.85. The van der Waals surface area contributed by atoms with Crippen molar-refractivity contribution in [1.29, 1.82) is 5.26 Å². The fourth-order valence-electron chi connectivity index (χ4n) is 5.09. The number of hydrogen-bond acceptors (Lipinski definition) is 5. The van der Waals surface area contributed by atoms with Crippen molar-refractivity contribution in [2.45, 2.75) is 68.0 Å². The summed E-state index contributed by atoms with van der Waals surface area (Å²) in [5, 5.41) is 11.7. The van der Waals surface area contributed by atoms with Gasteiger partial charge >= 0.3 is 10.2 Å². The van der Waals surface area contributed by atoms with E-state index in [0.29, 0.717) is 25.3 Å². The summed E-state index contributed by atoms with van der Waals surface area (Å²) >= 11 is 6.17. The van der Waals surface area contributed by atoms with Gasteiger partial charge in [-0.2, -0.15) is 5.26 Å². The van der Waals surface area contributed by atoms with E-state index >= 15 is 0 Å². The maximum atomic E-state index is 14.0. The molecule has 7 nitrogen and oxygen atoms in total. The number of nitrogens with one attached hydrogen (secondary N) is 1. The fraction of sp³-hybridized carbons (Fsp3) is 0.440. The Kier molecular flexibility index (Phi) is 7.50. The van der Waals surface area contributed by atoms with E-state index in [1.165, 1.54) is 29.4 Å². The number of halogens is 6. The molecule has 39 heavy (non-hydrogen) atoms. The topological polar surface area (TPSA) is 89.3 Å². The summed E-state index contributed by atoms with van der Waals surface area (Å²) < 4.78 is 67.6. The lowest BCUT2D eigenvalue weighted by Crippen LogP contribution is -2.51. The molecule has 1 aromatic carbocycles. The zero-order valence-electron chi connectivity index (χ0n) is 20.7. The summed E-state index contributed by atoms with van der Waals surface area (Å²) in [6.07, 6.45) is 9.66. The first-order valence-electron chi connectivity index (χ1n) is 12.4. The maximum absolute atomic E-state index is 14.0. The van der Waals surface area contributed by atoms with Gasteiger partial charge in [0.2, 0.25) is 5.91 Å². The number of hydrogen-bond donors (Lipinski definition) is 1. The summed E-state index contributed by atoms with van der Waals surface area (Å²) in [6, 6.07) is 1.27. The van der Waals surface area contributed by atoms with Crippen LogP contribution < -0.4 is 10.2 Å². The van der Waals surface area contributed by atoms with Crippen molar-refractivity contribution in [2.24, 2.45) is 0 Å². The second-order valence-electron chi connectivity index (χ2n) is 9.77. The molecule has 4 rings (SSSR count). The molecule has 2 fully saturated rings. The summed E-state index contributed by atoms with van der Waals surface area (Å²) in [7, 11) is -10.1. The molecule has 0 bridgehead atoms. The van der Waals surface area contributed by atoms with Crippen LogP contribution in [0.4, 0.5) is 25.1 Å². The molecule has 2 atom stereocenters. The van der Waals surface area contributed by atoms with E-state index in [9.17, 15) is 34.3 Å². The minimum Gasteiger partial charge on any atom is -0.351 e. The molecular weight excluding hydrogens is 565 g/mol. The van der Waals surface area contributed by atoms with Gasteiger partial charge in [0.15, 0.2) is 6.19 Å². The van der Waals surface area contributed by atoms with Crippen LogP contribution in [0.1, 0.15) is 56.6 Å². The number of rotatable bonds is 7. The summed E-state index contributed by atoms with van der Waals surface area (Å²) in [4.78, 5) is 31.7. The van der Waals surface area contributed by atoms with Gasteiger partial charge in [-0.15, -0.1) is 0 Å². The number of nitriles is 1. The highest BCUT2D eigenvalue weighted by atomic mass is 35.5. The van der Waals surface area contributed by atoms with Crippen molar-refractivity contribution in [2.75, 3.05) is 11.4 Å². The van der Waals surface area contributed by atoms with Crippen molar-refractivity contribution in [1.82, 2.24) is 15.2 Å². The molecule has 2 aliphatic rings. The maximum Gasteiger partial charge on any atom is 0.310 e. The Morgan fingerprint density at radius 3 is 2.41 bits per heavy atom. The van der Waals surface area contributed by atoms with E-state index in [2.05, 4.69) is 10.3 Å². The van der Waals surface area contributed by atoms with Gasteiger partial charge in [-0.3, -0.25) is 24.4 Å². The molecule has 1 aliphatic carbocycles. The van der Waals surface area contributed by atoms with E-state index in [1.54, 1.807) is 0 Å². The Morgan fingerprint density at radius 2 is 1.82 bits per heavy atom. The predicted molar refractivity (Wildman–Crippen MR) is 138 cm³/mol. The number of carbonyl (C=O) groups excluding carboxylic acids is 2. The largest absolute Gasteiger partial charge is 0.351 e. The Bertz CT molecular complexity index is 1290. The van der Waals surface area contributed by atoms with E-state index in [0.717, 1.165) is 24.2 Å². The molecule has 0 radical (unpaired) electrons. The summed E-state index contributed by atoms with van der Waals surface area (Å²) in [5.41, 5.74) is -0.141. The van der Waals surface area contributed by atoms with Gasteiger partial charge in [0.25, 0.3) is 5.91 Å². The number of pyridine rings is 1. The Labute approximate surface area is 227 Å². The van der Waals surface area contributed by atoms with Crippen LogP contribution in [0.5, 0.6) is 0 Å². The number of benzene rings is 1. The first-order chi connectivity index (χ1) is 18.2. The molecule has 2 amide bonds. The number of anilines is 1. The highest BCUT2D eigenvalue weighted by molar-refractivity contribution is 8.45. The van der Waals surface area contributed by atoms with Gasteiger partial charge in [0, 0.05) is 30.5 Å². The second-order valence-corrected chi connectivity index (χ2v) is 12.6. The molecule has 2 heterocycles. The van der Waals surface area contributed by atoms with Crippen LogP contribution in [0.3, 0.4) is 0 Å². The average molecular weight is 592 g/mol. The average Bonchev–Trinajstić information content (AvgIpc) is 3.36. The molecule has 1 saturated heterocycles. The van der Waals surface area contributed by atoms with Crippen LogP contribution in [-0.2, 0) is 9.59 Å². The molecule has 1 saturated carbocycles. The number of likely N-dealkylation sites (tertiary alicyclic amines) is 1. The lowest BCUT2D eigenvalue weighted by atomic mass is 9.94.